The van der Waals surface area contributed by atoms with Crippen molar-refractivity contribution in [2.75, 3.05) is 11.8 Å². The van der Waals surface area contributed by atoms with Gasteiger partial charge in [-0.25, -0.2) is 12.8 Å². The highest BCUT2D eigenvalue weighted by atomic mass is 32.2. The molecule has 0 aliphatic heterocycles. The quantitative estimate of drug-likeness (QED) is 0.687. The third-order valence-electron chi connectivity index (χ3n) is 4.03. The molecule has 2 aromatic carbocycles. The van der Waals surface area contributed by atoms with Crippen LogP contribution in [-0.4, -0.2) is 36.1 Å². The zero-order valence-corrected chi connectivity index (χ0v) is 16.1. The van der Waals surface area contributed by atoms with E-state index < -0.39 is 15.8 Å². The smallest absolute Gasteiger partial charge is 0.262 e. The fourth-order valence-electron chi connectivity index (χ4n) is 2.66. The molecule has 0 bridgehead atoms. The lowest BCUT2D eigenvalue weighted by molar-refractivity contribution is 0.0785. The molecule has 7 nitrogen and oxygen atoms in total. The number of benzene rings is 2. The van der Waals surface area contributed by atoms with Crippen molar-refractivity contribution < 1.29 is 17.6 Å². The molecule has 1 N–H and O–H groups in total. The maximum Gasteiger partial charge on any atom is 0.262 e. The number of para-hydroxylation sites is 1. The van der Waals surface area contributed by atoms with E-state index in [9.17, 15) is 17.6 Å². The number of anilines is 1. The van der Waals surface area contributed by atoms with Crippen molar-refractivity contribution in [1.29, 1.82) is 0 Å². The predicted molar refractivity (Wildman–Crippen MR) is 103 cm³/mol. The standard InChI is InChI=1S/C19H19FN4O3S/c1-23(12-14-11-21-24(2)13-14)19(25)15-6-5-7-16(10-15)28(26,27)22-18-9-4-3-8-17(18)20/h3-11,13,22H,12H2,1-2H3. The normalized spacial score (nSPS) is 11.2. The first-order valence-electron chi connectivity index (χ1n) is 8.36. The lowest BCUT2D eigenvalue weighted by atomic mass is 10.2. The molecule has 0 unspecified atom stereocenters. The van der Waals surface area contributed by atoms with Crippen molar-refractivity contribution in [3.8, 4) is 0 Å². The molecule has 3 rings (SSSR count). The third-order valence-corrected chi connectivity index (χ3v) is 5.40. The monoisotopic (exact) mass is 402 g/mol. The minimum Gasteiger partial charge on any atom is -0.337 e. The molecule has 3 aromatic rings. The second-order valence-corrected chi connectivity index (χ2v) is 7.98. The fraction of sp³-hybridized carbons (Fsp3) is 0.158. The van der Waals surface area contributed by atoms with Gasteiger partial charge in [0.15, 0.2) is 0 Å². The van der Waals surface area contributed by atoms with E-state index in [-0.39, 0.29) is 22.1 Å². The number of rotatable bonds is 6. The summed E-state index contributed by atoms with van der Waals surface area (Å²) in [6, 6.07) is 11.1. The molecular weight excluding hydrogens is 383 g/mol. The van der Waals surface area contributed by atoms with E-state index in [4.69, 9.17) is 0 Å². The van der Waals surface area contributed by atoms with Crippen molar-refractivity contribution in [2.45, 2.75) is 11.4 Å². The van der Waals surface area contributed by atoms with Gasteiger partial charge in [0.05, 0.1) is 16.8 Å². The Morgan fingerprint density at radius 3 is 2.64 bits per heavy atom. The first-order chi connectivity index (χ1) is 13.3. The van der Waals surface area contributed by atoms with Crippen molar-refractivity contribution in [2.24, 2.45) is 7.05 Å². The number of halogens is 1. The fourth-order valence-corrected chi connectivity index (χ4v) is 3.78. The molecule has 0 radical (unpaired) electrons. The van der Waals surface area contributed by atoms with Gasteiger partial charge in [-0.15, -0.1) is 0 Å². The van der Waals surface area contributed by atoms with Crippen LogP contribution in [0.25, 0.3) is 0 Å². The Hall–Kier alpha value is -3.20. The highest BCUT2D eigenvalue weighted by Crippen LogP contribution is 2.20. The van der Waals surface area contributed by atoms with Gasteiger partial charge in [0.25, 0.3) is 15.9 Å². The molecule has 28 heavy (non-hydrogen) atoms. The SMILES string of the molecule is CN(Cc1cnn(C)c1)C(=O)c1cccc(S(=O)(=O)Nc2ccccc2F)c1. The van der Waals surface area contributed by atoms with Gasteiger partial charge >= 0.3 is 0 Å². The Labute approximate surface area is 162 Å². The van der Waals surface area contributed by atoms with Gasteiger partial charge < -0.3 is 4.90 Å². The summed E-state index contributed by atoms with van der Waals surface area (Å²) in [6.07, 6.45) is 3.45. The number of carbonyl (C=O) groups excluding carboxylic acids is 1. The summed E-state index contributed by atoms with van der Waals surface area (Å²) in [5, 5.41) is 4.06. The van der Waals surface area contributed by atoms with E-state index in [1.807, 2.05) is 0 Å². The highest BCUT2D eigenvalue weighted by Gasteiger charge is 2.19. The summed E-state index contributed by atoms with van der Waals surface area (Å²) >= 11 is 0. The number of hydrogen-bond acceptors (Lipinski definition) is 4. The Kier molecular flexibility index (Phi) is 5.46. The van der Waals surface area contributed by atoms with Gasteiger partial charge in [0, 0.05) is 38.0 Å². The summed E-state index contributed by atoms with van der Waals surface area (Å²) in [5.41, 5.74) is 0.902. The number of nitrogens with zero attached hydrogens (tertiary/aromatic N) is 3. The van der Waals surface area contributed by atoms with E-state index >= 15 is 0 Å². The molecule has 0 saturated carbocycles. The molecule has 146 valence electrons. The van der Waals surface area contributed by atoms with Crippen LogP contribution in [0.4, 0.5) is 10.1 Å². The number of hydrogen-bond donors (Lipinski definition) is 1. The summed E-state index contributed by atoms with van der Waals surface area (Å²) < 4.78 is 42.8. The van der Waals surface area contributed by atoms with Crippen LogP contribution in [0.1, 0.15) is 15.9 Å². The summed E-state index contributed by atoms with van der Waals surface area (Å²) in [4.78, 5) is 14.0. The first kappa shape index (κ1) is 19.6. The van der Waals surface area contributed by atoms with E-state index in [0.717, 1.165) is 11.6 Å². The predicted octanol–water partition coefficient (Wildman–Crippen LogP) is 2.63. The van der Waals surface area contributed by atoms with Crippen molar-refractivity contribution in [3.05, 3.63) is 77.9 Å². The molecule has 1 aromatic heterocycles. The van der Waals surface area contributed by atoms with Gasteiger partial charge in [-0.3, -0.25) is 14.2 Å². The number of amides is 1. The summed E-state index contributed by atoms with van der Waals surface area (Å²) in [5.74, 6) is -1.03. The van der Waals surface area contributed by atoms with Crippen molar-refractivity contribution in [1.82, 2.24) is 14.7 Å². The average molecular weight is 402 g/mol. The molecule has 0 fully saturated rings. The third kappa shape index (κ3) is 4.37. The van der Waals surface area contributed by atoms with Crippen LogP contribution in [0.15, 0.2) is 65.8 Å². The molecular formula is C19H19FN4O3S. The van der Waals surface area contributed by atoms with Gasteiger partial charge in [-0.2, -0.15) is 5.10 Å². The Morgan fingerprint density at radius 1 is 1.21 bits per heavy atom. The lowest BCUT2D eigenvalue weighted by Crippen LogP contribution is -2.26. The Morgan fingerprint density at radius 2 is 1.96 bits per heavy atom. The number of aromatic nitrogens is 2. The number of carbonyl (C=O) groups is 1. The van der Waals surface area contributed by atoms with Gasteiger partial charge in [-0.05, 0) is 30.3 Å². The highest BCUT2D eigenvalue weighted by molar-refractivity contribution is 7.92. The van der Waals surface area contributed by atoms with Crippen LogP contribution in [-0.2, 0) is 23.6 Å². The van der Waals surface area contributed by atoms with Gasteiger partial charge in [-0.1, -0.05) is 18.2 Å². The van der Waals surface area contributed by atoms with Crippen LogP contribution in [0.2, 0.25) is 0 Å². The average Bonchev–Trinajstić information content (AvgIpc) is 3.07. The maximum atomic E-state index is 13.8. The van der Waals surface area contributed by atoms with Crippen LogP contribution in [0, 0.1) is 5.82 Å². The molecule has 0 saturated heterocycles. The second kappa shape index (κ2) is 7.81. The minimum absolute atomic E-state index is 0.128. The molecule has 0 atom stereocenters. The Balaban J connectivity index is 1.81. The van der Waals surface area contributed by atoms with E-state index in [1.54, 1.807) is 31.2 Å². The van der Waals surface area contributed by atoms with Crippen molar-refractivity contribution in [3.63, 3.8) is 0 Å². The number of sulfonamides is 1. The lowest BCUT2D eigenvalue weighted by Gasteiger charge is -2.17. The first-order valence-corrected chi connectivity index (χ1v) is 9.85. The number of aryl methyl sites for hydroxylation is 1. The zero-order valence-electron chi connectivity index (χ0n) is 15.3. The molecule has 0 spiro atoms. The van der Waals surface area contributed by atoms with Crippen LogP contribution in [0.5, 0.6) is 0 Å². The second-order valence-electron chi connectivity index (χ2n) is 6.30. The van der Waals surface area contributed by atoms with Gasteiger partial charge in [0.1, 0.15) is 5.82 Å². The molecule has 9 heteroatoms. The summed E-state index contributed by atoms with van der Waals surface area (Å²) in [6.45, 7) is 0.330. The maximum absolute atomic E-state index is 13.8. The molecule has 0 aliphatic rings. The van der Waals surface area contributed by atoms with E-state index in [1.165, 1.54) is 47.4 Å². The van der Waals surface area contributed by atoms with Crippen LogP contribution < -0.4 is 4.72 Å². The van der Waals surface area contributed by atoms with Crippen LogP contribution in [0.3, 0.4) is 0 Å². The minimum atomic E-state index is -4.05. The number of nitrogens with one attached hydrogen (secondary N) is 1. The molecule has 0 aliphatic carbocycles. The topological polar surface area (TPSA) is 84.3 Å². The zero-order chi connectivity index (χ0) is 20.3. The molecule has 1 heterocycles. The van der Waals surface area contributed by atoms with E-state index in [2.05, 4.69) is 9.82 Å². The van der Waals surface area contributed by atoms with Crippen LogP contribution >= 0.6 is 0 Å². The largest absolute Gasteiger partial charge is 0.337 e. The molecule has 1 amide bonds. The van der Waals surface area contributed by atoms with E-state index in [0.29, 0.717) is 6.54 Å². The van der Waals surface area contributed by atoms with Gasteiger partial charge in [0.2, 0.25) is 0 Å². The van der Waals surface area contributed by atoms with Crippen molar-refractivity contribution >= 4 is 21.6 Å². The Bertz CT molecular complexity index is 1110. The summed E-state index contributed by atoms with van der Waals surface area (Å²) in [7, 11) is -0.648.